The Balaban J connectivity index is 1.96. The largest absolute Gasteiger partial charge is 0.477 e. The van der Waals surface area contributed by atoms with Crippen LogP contribution in [0.1, 0.15) is 41.4 Å². The first-order valence-corrected chi connectivity index (χ1v) is 7.53. The van der Waals surface area contributed by atoms with Crippen LogP contribution in [0.3, 0.4) is 0 Å². The van der Waals surface area contributed by atoms with Gasteiger partial charge in [-0.2, -0.15) is 0 Å². The highest BCUT2D eigenvalue weighted by molar-refractivity contribution is 7.20. The topological polar surface area (TPSA) is 75.1 Å². The molecule has 2 aromatic heterocycles. The number of aromatic nitrogens is 2. The van der Waals surface area contributed by atoms with E-state index in [1.165, 1.54) is 36.9 Å². The van der Waals surface area contributed by atoms with Gasteiger partial charge in [0, 0.05) is 6.54 Å². The van der Waals surface area contributed by atoms with Gasteiger partial charge in [-0.15, -0.1) is 11.3 Å². The van der Waals surface area contributed by atoms with Gasteiger partial charge in [0.1, 0.15) is 21.9 Å². The summed E-state index contributed by atoms with van der Waals surface area (Å²) in [6.45, 7) is 4.96. The second kappa shape index (κ2) is 4.70. The molecule has 0 radical (unpaired) electrons. The summed E-state index contributed by atoms with van der Waals surface area (Å²) < 4.78 is 0. The number of anilines is 1. The molecule has 3 rings (SSSR count). The first-order chi connectivity index (χ1) is 9.50. The lowest BCUT2D eigenvalue weighted by atomic mass is 9.70. The summed E-state index contributed by atoms with van der Waals surface area (Å²) in [6.07, 6.45) is 5.25. The van der Waals surface area contributed by atoms with Crippen LogP contribution >= 0.6 is 11.3 Å². The van der Waals surface area contributed by atoms with Crippen LogP contribution in [0.4, 0.5) is 5.82 Å². The molecule has 2 N–H and O–H groups in total. The van der Waals surface area contributed by atoms with E-state index < -0.39 is 5.97 Å². The molecule has 0 bridgehead atoms. The molecule has 20 heavy (non-hydrogen) atoms. The number of rotatable bonds is 4. The normalized spacial score (nSPS) is 16.9. The van der Waals surface area contributed by atoms with Crippen molar-refractivity contribution in [2.45, 2.75) is 33.1 Å². The van der Waals surface area contributed by atoms with Crippen LogP contribution in [0.2, 0.25) is 0 Å². The van der Waals surface area contributed by atoms with Gasteiger partial charge in [0.05, 0.1) is 5.39 Å². The molecule has 2 heterocycles. The van der Waals surface area contributed by atoms with E-state index in [0.29, 0.717) is 10.3 Å². The highest BCUT2D eigenvalue weighted by Gasteiger charge is 2.31. The number of nitrogens with one attached hydrogen (secondary N) is 1. The monoisotopic (exact) mass is 291 g/mol. The second-order valence-corrected chi connectivity index (χ2v) is 6.78. The zero-order valence-electron chi connectivity index (χ0n) is 11.6. The second-order valence-electron chi connectivity index (χ2n) is 5.78. The third kappa shape index (κ3) is 2.14. The molecule has 1 aliphatic rings. The van der Waals surface area contributed by atoms with E-state index in [1.54, 1.807) is 0 Å². The number of fused-ring (bicyclic) bond motifs is 1. The number of carbonyl (C=O) groups is 1. The molecule has 1 fully saturated rings. The van der Waals surface area contributed by atoms with Gasteiger partial charge < -0.3 is 10.4 Å². The molecule has 106 valence electrons. The van der Waals surface area contributed by atoms with Crippen molar-refractivity contribution < 1.29 is 9.90 Å². The minimum atomic E-state index is -0.901. The number of hydrogen-bond acceptors (Lipinski definition) is 5. The van der Waals surface area contributed by atoms with Gasteiger partial charge in [-0.25, -0.2) is 14.8 Å². The maximum absolute atomic E-state index is 11.2. The lowest BCUT2D eigenvalue weighted by molar-refractivity contribution is 0.0701. The zero-order chi connectivity index (χ0) is 14.3. The summed E-state index contributed by atoms with van der Waals surface area (Å²) in [6, 6.07) is 0. The van der Waals surface area contributed by atoms with Crippen LogP contribution in [0.15, 0.2) is 6.33 Å². The third-order valence-corrected chi connectivity index (χ3v) is 5.35. The molecule has 0 aliphatic heterocycles. The summed E-state index contributed by atoms with van der Waals surface area (Å²) in [5, 5.41) is 13.4. The summed E-state index contributed by atoms with van der Waals surface area (Å²) in [5.74, 6) is -0.147. The van der Waals surface area contributed by atoms with Gasteiger partial charge in [-0.05, 0) is 30.7 Å². The van der Waals surface area contributed by atoms with Crippen LogP contribution in [0.5, 0.6) is 0 Å². The van der Waals surface area contributed by atoms with Gasteiger partial charge in [0.25, 0.3) is 0 Å². The Morgan fingerprint density at radius 3 is 2.85 bits per heavy atom. The van der Waals surface area contributed by atoms with Gasteiger partial charge in [0.2, 0.25) is 0 Å². The zero-order valence-corrected chi connectivity index (χ0v) is 12.4. The fraction of sp³-hybridized carbons (Fsp3) is 0.500. The number of aryl methyl sites for hydroxylation is 1. The first-order valence-electron chi connectivity index (χ1n) is 6.71. The molecule has 6 heteroatoms. The molecule has 0 unspecified atom stereocenters. The highest BCUT2D eigenvalue weighted by atomic mass is 32.1. The average Bonchev–Trinajstić information content (AvgIpc) is 2.72. The molecule has 1 saturated carbocycles. The van der Waals surface area contributed by atoms with Crippen molar-refractivity contribution in [3.8, 4) is 0 Å². The molecule has 1 aliphatic carbocycles. The summed E-state index contributed by atoms with van der Waals surface area (Å²) in [5.41, 5.74) is 1.09. The fourth-order valence-electron chi connectivity index (χ4n) is 2.66. The molecule has 0 saturated heterocycles. The molecule has 0 atom stereocenters. The van der Waals surface area contributed by atoms with E-state index >= 15 is 0 Å². The predicted octanol–water partition coefficient (Wildman–Crippen LogP) is 3.30. The van der Waals surface area contributed by atoms with Crippen LogP contribution in [0.25, 0.3) is 10.2 Å². The van der Waals surface area contributed by atoms with Crippen molar-refractivity contribution >= 4 is 33.3 Å². The standard InChI is InChI=1S/C14H17N3O2S/c1-8-9-11(15-6-14(2)4-3-5-14)16-7-17-12(9)20-10(8)13(18)19/h7H,3-6H2,1-2H3,(H,18,19)(H,15,16,17). The Hall–Kier alpha value is -1.69. The number of hydrogen-bond donors (Lipinski definition) is 2. The molecule has 0 spiro atoms. The van der Waals surface area contributed by atoms with Crippen LogP contribution in [0, 0.1) is 12.3 Å². The van der Waals surface area contributed by atoms with Gasteiger partial charge in [-0.3, -0.25) is 0 Å². The van der Waals surface area contributed by atoms with Crippen molar-refractivity contribution in [2.75, 3.05) is 11.9 Å². The van der Waals surface area contributed by atoms with Crippen molar-refractivity contribution in [1.82, 2.24) is 9.97 Å². The maximum atomic E-state index is 11.2. The van der Waals surface area contributed by atoms with E-state index in [0.717, 1.165) is 28.1 Å². The Morgan fingerprint density at radius 2 is 2.25 bits per heavy atom. The van der Waals surface area contributed by atoms with Crippen LogP contribution < -0.4 is 5.32 Å². The molecule has 2 aromatic rings. The fourth-order valence-corrected chi connectivity index (χ4v) is 3.65. The maximum Gasteiger partial charge on any atom is 0.346 e. The van der Waals surface area contributed by atoms with Gasteiger partial charge in [-0.1, -0.05) is 13.3 Å². The number of aromatic carboxylic acids is 1. The number of thiophene rings is 1. The average molecular weight is 291 g/mol. The Morgan fingerprint density at radius 1 is 1.50 bits per heavy atom. The smallest absolute Gasteiger partial charge is 0.346 e. The lowest BCUT2D eigenvalue weighted by Gasteiger charge is -2.38. The van der Waals surface area contributed by atoms with Crippen molar-refractivity contribution in [1.29, 1.82) is 0 Å². The molecule has 5 nitrogen and oxygen atoms in total. The minimum absolute atomic E-state index is 0.344. The van der Waals surface area contributed by atoms with E-state index in [9.17, 15) is 9.90 Å². The molecular weight excluding hydrogens is 274 g/mol. The number of carboxylic acid groups (broad SMARTS) is 1. The van der Waals surface area contributed by atoms with Crippen molar-refractivity contribution in [3.63, 3.8) is 0 Å². The van der Waals surface area contributed by atoms with Crippen molar-refractivity contribution in [2.24, 2.45) is 5.41 Å². The minimum Gasteiger partial charge on any atom is -0.477 e. The summed E-state index contributed by atoms with van der Waals surface area (Å²) in [4.78, 5) is 20.8. The molecule has 0 amide bonds. The SMILES string of the molecule is Cc1c(C(=O)O)sc2ncnc(NCC3(C)CCC3)c12. The summed E-state index contributed by atoms with van der Waals surface area (Å²) >= 11 is 1.21. The first kappa shape index (κ1) is 13.3. The van der Waals surface area contributed by atoms with E-state index in [1.807, 2.05) is 6.92 Å². The van der Waals surface area contributed by atoms with Crippen molar-refractivity contribution in [3.05, 3.63) is 16.8 Å². The molecular formula is C14H17N3O2S. The van der Waals surface area contributed by atoms with Gasteiger partial charge in [0.15, 0.2) is 0 Å². The summed E-state index contributed by atoms with van der Waals surface area (Å²) in [7, 11) is 0. The third-order valence-electron chi connectivity index (χ3n) is 4.16. The predicted molar refractivity (Wildman–Crippen MR) is 79.6 cm³/mol. The Kier molecular flexibility index (Phi) is 3.12. The highest BCUT2D eigenvalue weighted by Crippen LogP contribution is 2.41. The van der Waals surface area contributed by atoms with E-state index in [2.05, 4.69) is 22.2 Å². The Bertz CT molecular complexity index is 676. The van der Waals surface area contributed by atoms with Crippen LogP contribution in [-0.4, -0.2) is 27.6 Å². The number of carboxylic acids is 1. The Labute approximate surface area is 121 Å². The number of nitrogens with zero attached hydrogens (tertiary/aromatic N) is 2. The van der Waals surface area contributed by atoms with E-state index in [-0.39, 0.29) is 0 Å². The van der Waals surface area contributed by atoms with E-state index in [4.69, 9.17) is 0 Å². The van der Waals surface area contributed by atoms with Gasteiger partial charge >= 0.3 is 5.97 Å². The lowest BCUT2D eigenvalue weighted by Crippen LogP contribution is -2.33. The molecule has 0 aromatic carbocycles. The van der Waals surface area contributed by atoms with Crippen LogP contribution in [-0.2, 0) is 0 Å². The quantitative estimate of drug-likeness (QED) is 0.904.